The van der Waals surface area contributed by atoms with Gasteiger partial charge in [-0.25, -0.2) is 9.48 Å². The third-order valence-corrected chi connectivity index (χ3v) is 3.90. The number of aromatic nitrogens is 2. The van der Waals surface area contributed by atoms with E-state index in [4.69, 9.17) is 16.3 Å². The molecule has 24 heavy (non-hydrogen) atoms. The molecule has 0 radical (unpaired) electrons. The summed E-state index contributed by atoms with van der Waals surface area (Å²) in [6, 6.07) is 17.3. The summed E-state index contributed by atoms with van der Waals surface area (Å²) in [5, 5.41) is 5.07. The van der Waals surface area contributed by atoms with Crippen LogP contribution in [0.1, 0.15) is 28.5 Å². The SMILES string of the molecule is CCOC(=O)c1cnn(-c2ccccc2)c1Cc1ccc(Cl)cc1. The van der Waals surface area contributed by atoms with Gasteiger partial charge in [0.15, 0.2) is 0 Å². The van der Waals surface area contributed by atoms with Crippen molar-refractivity contribution in [3.05, 3.63) is 82.6 Å². The summed E-state index contributed by atoms with van der Waals surface area (Å²) in [5.41, 5.74) is 3.22. The fraction of sp³-hybridized carbons (Fsp3) is 0.158. The van der Waals surface area contributed by atoms with E-state index >= 15 is 0 Å². The fourth-order valence-electron chi connectivity index (χ4n) is 2.51. The first kappa shape index (κ1) is 16.3. The van der Waals surface area contributed by atoms with Gasteiger partial charge < -0.3 is 4.74 Å². The molecule has 4 nitrogen and oxygen atoms in total. The summed E-state index contributed by atoms with van der Waals surface area (Å²) < 4.78 is 6.94. The molecule has 1 aromatic heterocycles. The van der Waals surface area contributed by atoms with Gasteiger partial charge in [0.2, 0.25) is 0 Å². The van der Waals surface area contributed by atoms with Crippen LogP contribution < -0.4 is 0 Å². The molecule has 0 amide bonds. The van der Waals surface area contributed by atoms with Crippen LogP contribution in [-0.4, -0.2) is 22.4 Å². The highest BCUT2D eigenvalue weighted by atomic mass is 35.5. The van der Waals surface area contributed by atoms with Crippen molar-refractivity contribution in [2.75, 3.05) is 6.61 Å². The molecule has 0 aliphatic rings. The van der Waals surface area contributed by atoms with E-state index in [1.165, 1.54) is 0 Å². The number of hydrogen-bond donors (Lipinski definition) is 0. The lowest BCUT2D eigenvalue weighted by Crippen LogP contribution is -2.10. The molecule has 3 aromatic rings. The van der Waals surface area contributed by atoms with Crippen molar-refractivity contribution in [3.8, 4) is 5.69 Å². The van der Waals surface area contributed by atoms with Crippen molar-refractivity contribution in [1.82, 2.24) is 9.78 Å². The number of benzene rings is 2. The lowest BCUT2D eigenvalue weighted by molar-refractivity contribution is 0.0525. The third-order valence-electron chi connectivity index (χ3n) is 3.65. The first-order chi connectivity index (χ1) is 11.7. The Balaban J connectivity index is 2.03. The standard InChI is InChI=1S/C19H17ClN2O2/c1-2-24-19(23)17-13-21-22(16-6-4-3-5-7-16)18(17)12-14-8-10-15(20)11-9-14/h3-11,13H,2,12H2,1H3. The fourth-order valence-corrected chi connectivity index (χ4v) is 2.64. The average Bonchev–Trinajstić information content (AvgIpc) is 3.01. The van der Waals surface area contributed by atoms with Crippen molar-refractivity contribution in [2.45, 2.75) is 13.3 Å². The van der Waals surface area contributed by atoms with E-state index in [2.05, 4.69) is 5.10 Å². The van der Waals surface area contributed by atoms with Gasteiger partial charge >= 0.3 is 5.97 Å². The Bertz CT molecular complexity index is 826. The van der Waals surface area contributed by atoms with Crippen LogP contribution in [0.15, 0.2) is 60.8 Å². The lowest BCUT2D eigenvalue weighted by Gasteiger charge is -2.10. The number of para-hydroxylation sites is 1. The van der Waals surface area contributed by atoms with Crippen molar-refractivity contribution in [2.24, 2.45) is 0 Å². The first-order valence-electron chi connectivity index (χ1n) is 7.73. The topological polar surface area (TPSA) is 44.1 Å². The quantitative estimate of drug-likeness (QED) is 0.651. The maximum absolute atomic E-state index is 12.3. The van der Waals surface area contributed by atoms with Crippen LogP contribution in [0.2, 0.25) is 5.02 Å². The Labute approximate surface area is 145 Å². The highest BCUT2D eigenvalue weighted by molar-refractivity contribution is 6.30. The molecule has 1 heterocycles. The Hall–Kier alpha value is -2.59. The van der Waals surface area contributed by atoms with Gasteiger partial charge in [-0.1, -0.05) is 41.9 Å². The van der Waals surface area contributed by atoms with Crippen LogP contribution >= 0.6 is 11.6 Å². The highest BCUT2D eigenvalue weighted by Gasteiger charge is 2.19. The summed E-state index contributed by atoms with van der Waals surface area (Å²) >= 11 is 5.95. The normalized spacial score (nSPS) is 10.6. The summed E-state index contributed by atoms with van der Waals surface area (Å²) in [4.78, 5) is 12.3. The molecule has 0 unspecified atom stereocenters. The number of carbonyl (C=O) groups excluding carboxylic acids is 1. The molecule has 0 aliphatic heterocycles. The van der Waals surface area contributed by atoms with E-state index in [0.29, 0.717) is 23.6 Å². The minimum absolute atomic E-state index is 0.329. The second-order valence-electron chi connectivity index (χ2n) is 5.28. The molecule has 0 aliphatic carbocycles. The number of rotatable bonds is 5. The molecule has 3 rings (SSSR count). The smallest absolute Gasteiger partial charge is 0.341 e. The number of nitrogens with zero attached hydrogens (tertiary/aromatic N) is 2. The van der Waals surface area contributed by atoms with Gasteiger partial charge in [-0.2, -0.15) is 5.10 Å². The number of carbonyl (C=O) groups is 1. The number of hydrogen-bond acceptors (Lipinski definition) is 3. The summed E-state index contributed by atoms with van der Waals surface area (Å²) in [6.07, 6.45) is 2.12. The average molecular weight is 341 g/mol. The zero-order valence-electron chi connectivity index (χ0n) is 13.3. The zero-order chi connectivity index (χ0) is 16.9. The van der Waals surface area contributed by atoms with Crippen molar-refractivity contribution in [1.29, 1.82) is 0 Å². The van der Waals surface area contributed by atoms with Crippen LogP contribution in [-0.2, 0) is 11.2 Å². The first-order valence-corrected chi connectivity index (χ1v) is 8.10. The summed E-state index contributed by atoms with van der Waals surface area (Å²) in [7, 11) is 0. The van der Waals surface area contributed by atoms with Gasteiger partial charge in [0.1, 0.15) is 5.56 Å². The van der Waals surface area contributed by atoms with Crippen LogP contribution in [0.25, 0.3) is 5.69 Å². The van der Waals surface area contributed by atoms with E-state index < -0.39 is 0 Å². The molecule has 0 saturated carbocycles. The number of esters is 1. The van der Waals surface area contributed by atoms with Crippen molar-refractivity contribution < 1.29 is 9.53 Å². The second kappa shape index (κ2) is 7.32. The Morgan fingerprint density at radius 2 is 1.83 bits per heavy atom. The molecular weight excluding hydrogens is 324 g/mol. The zero-order valence-corrected chi connectivity index (χ0v) is 14.0. The molecule has 0 saturated heterocycles. The van der Waals surface area contributed by atoms with Crippen molar-refractivity contribution >= 4 is 17.6 Å². The summed E-state index contributed by atoms with van der Waals surface area (Å²) in [6.45, 7) is 2.12. The predicted octanol–water partition coefficient (Wildman–Crippen LogP) is 4.29. The Morgan fingerprint density at radius 3 is 2.50 bits per heavy atom. The maximum atomic E-state index is 12.3. The Morgan fingerprint density at radius 1 is 1.12 bits per heavy atom. The lowest BCUT2D eigenvalue weighted by atomic mass is 10.1. The predicted molar refractivity (Wildman–Crippen MR) is 93.8 cm³/mol. The van der Waals surface area contributed by atoms with E-state index in [-0.39, 0.29) is 5.97 Å². The molecule has 0 spiro atoms. The largest absolute Gasteiger partial charge is 0.462 e. The van der Waals surface area contributed by atoms with Gasteiger partial charge in [-0.15, -0.1) is 0 Å². The van der Waals surface area contributed by atoms with Crippen LogP contribution in [0.3, 0.4) is 0 Å². The molecule has 122 valence electrons. The number of halogens is 1. The van der Waals surface area contributed by atoms with E-state index in [1.807, 2.05) is 54.6 Å². The van der Waals surface area contributed by atoms with Crippen molar-refractivity contribution in [3.63, 3.8) is 0 Å². The number of ether oxygens (including phenoxy) is 1. The monoisotopic (exact) mass is 340 g/mol. The third kappa shape index (κ3) is 3.49. The van der Waals surface area contributed by atoms with Gasteiger partial charge in [0.05, 0.1) is 24.2 Å². The second-order valence-corrected chi connectivity index (χ2v) is 5.71. The molecular formula is C19H17ClN2O2. The summed E-state index contributed by atoms with van der Waals surface area (Å²) in [5.74, 6) is -0.358. The van der Waals surface area contributed by atoms with Gasteiger partial charge in [0.25, 0.3) is 0 Å². The molecule has 5 heteroatoms. The van der Waals surface area contributed by atoms with Gasteiger partial charge in [-0.05, 0) is 36.8 Å². The van der Waals surface area contributed by atoms with E-state index in [1.54, 1.807) is 17.8 Å². The minimum Gasteiger partial charge on any atom is -0.462 e. The maximum Gasteiger partial charge on any atom is 0.341 e. The van der Waals surface area contributed by atoms with Gasteiger partial charge in [0, 0.05) is 11.4 Å². The van der Waals surface area contributed by atoms with Crippen LogP contribution in [0.5, 0.6) is 0 Å². The van der Waals surface area contributed by atoms with Gasteiger partial charge in [-0.3, -0.25) is 0 Å². The molecule has 0 bridgehead atoms. The Kier molecular flexibility index (Phi) is 4.96. The molecule has 2 aromatic carbocycles. The highest BCUT2D eigenvalue weighted by Crippen LogP contribution is 2.20. The molecule has 0 fully saturated rings. The van der Waals surface area contributed by atoms with E-state index in [0.717, 1.165) is 16.9 Å². The molecule has 0 N–H and O–H groups in total. The van der Waals surface area contributed by atoms with E-state index in [9.17, 15) is 4.79 Å². The van der Waals surface area contributed by atoms with Crippen LogP contribution in [0, 0.1) is 0 Å². The minimum atomic E-state index is -0.358. The van der Waals surface area contributed by atoms with Crippen LogP contribution in [0.4, 0.5) is 0 Å². The molecule has 0 atom stereocenters.